The van der Waals surface area contributed by atoms with E-state index in [0.29, 0.717) is 13.1 Å². The summed E-state index contributed by atoms with van der Waals surface area (Å²) in [5, 5.41) is 0. The van der Waals surface area contributed by atoms with Crippen LogP contribution in [0.1, 0.15) is 31.2 Å². The van der Waals surface area contributed by atoms with Gasteiger partial charge >= 0.3 is 0 Å². The number of likely N-dealkylation sites (tertiary alicyclic amines) is 1. The lowest BCUT2D eigenvalue weighted by molar-refractivity contribution is 0.193. The molecule has 3 rings (SSSR count). The average molecular weight is 324 g/mol. The van der Waals surface area contributed by atoms with Crippen molar-refractivity contribution >= 4 is 10.2 Å². The molecule has 2 saturated heterocycles. The molecule has 0 aromatic carbocycles. The van der Waals surface area contributed by atoms with E-state index in [0.717, 1.165) is 45.3 Å². The number of hydrogen-bond acceptors (Lipinski definition) is 4. The van der Waals surface area contributed by atoms with Crippen molar-refractivity contribution in [1.82, 2.24) is 18.9 Å². The first-order valence-electron chi connectivity index (χ1n) is 8.02. The number of aromatic nitrogens is 1. The maximum Gasteiger partial charge on any atom is 0.279 e. The van der Waals surface area contributed by atoms with Crippen molar-refractivity contribution in [3.8, 4) is 0 Å². The standard InChI is InChI=1S/C15H24N4O2S/c20-22(21,19-9-1-2-10-19)17-15-6-4-8-18(13-15)12-14-5-3-7-16-11-14/h3,5,7,11,15,17H,1-2,4,6,8-10,12-13H2/t15-/m0/s1. The molecule has 3 heterocycles. The number of nitrogens with zero attached hydrogens (tertiary/aromatic N) is 3. The van der Waals surface area contributed by atoms with Crippen LogP contribution in [-0.2, 0) is 16.8 Å². The van der Waals surface area contributed by atoms with Gasteiger partial charge in [-0.05, 0) is 43.9 Å². The lowest BCUT2D eigenvalue weighted by Gasteiger charge is -2.33. The molecule has 0 saturated carbocycles. The number of piperidine rings is 1. The normalized spacial score (nSPS) is 24.6. The summed E-state index contributed by atoms with van der Waals surface area (Å²) in [4.78, 5) is 6.44. The second-order valence-corrected chi connectivity index (χ2v) is 7.87. The molecule has 0 spiro atoms. The number of rotatable bonds is 5. The van der Waals surface area contributed by atoms with E-state index in [1.807, 2.05) is 12.3 Å². The predicted molar refractivity (Wildman–Crippen MR) is 85.4 cm³/mol. The Morgan fingerprint density at radius 3 is 2.77 bits per heavy atom. The quantitative estimate of drug-likeness (QED) is 0.877. The van der Waals surface area contributed by atoms with Crippen LogP contribution in [0.5, 0.6) is 0 Å². The van der Waals surface area contributed by atoms with Crippen molar-refractivity contribution in [3.63, 3.8) is 0 Å². The van der Waals surface area contributed by atoms with Crippen LogP contribution in [0.2, 0.25) is 0 Å². The minimum Gasteiger partial charge on any atom is -0.297 e. The van der Waals surface area contributed by atoms with E-state index >= 15 is 0 Å². The molecule has 122 valence electrons. The molecule has 2 aliphatic heterocycles. The molecule has 1 N–H and O–H groups in total. The third-order valence-electron chi connectivity index (χ3n) is 4.36. The van der Waals surface area contributed by atoms with Gasteiger partial charge in [-0.2, -0.15) is 17.4 Å². The van der Waals surface area contributed by atoms with Gasteiger partial charge in [0.1, 0.15) is 0 Å². The first kappa shape index (κ1) is 15.9. The highest BCUT2D eigenvalue weighted by Gasteiger charge is 2.29. The lowest BCUT2D eigenvalue weighted by atomic mass is 10.1. The summed E-state index contributed by atoms with van der Waals surface area (Å²) in [5.74, 6) is 0. The molecule has 1 atom stereocenters. The van der Waals surface area contributed by atoms with Gasteiger partial charge in [0.25, 0.3) is 10.2 Å². The van der Waals surface area contributed by atoms with Gasteiger partial charge in [-0.3, -0.25) is 9.88 Å². The van der Waals surface area contributed by atoms with Gasteiger partial charge in [0, 0.05) is 44.6 Å². The van der Waals surface area contributed by atoms with E-state index in [4.69, 9.17) is 0 Å². The molecular formula is C15H24N4O2S. The molecule has 2 fully saturated rings. The average Bonchev–Trinajstić information content (AvgIpc) is 3.03. The summed E-state index contributed by atoms with van der Waals surface area (Å²) in [7, 11) is -3.31. The molecule has 7 heteroatoms. The third-order valence-corrected chi connectivity index (χ3v) is 6.03. The smallest absolute Gasteiger partial charge is 0.279 e. The van der Waals surface area contributed by atoms with Crippen LogP contribution in [0.3, 0.4) is 0 Å². The molecule has 0 amide bonds. The zero-order valence-electron chi connectivity index (χ0n) is 12.8. The Balaban J connectivity index is 1.56. The van der Waals surface area contributed by atoms with Crippen LogP contribution in [0.15, 0.2) is 24.5 Å². The van der Waals surface area contributed by atoms with Crippen LogP contribution in [0.25, 0.3) is 0 Å². The van der Waals surface area contributed by atoms with Gasteiger partial charge < -0.3 is 0 Å². The highest BCUT2D eigenvalue weighted by Crippen LogP contribution is 2.17. The second kappa shape index (κ2) is 7.04. The summed E-state index contributed by atoms with van der Waals surface area (Å²) in [6.45, 7) is 3.91. The summed E-state index contributed by atoms with van der Waals surface area (Å²) in [6.07, 6.45) is 7.52. The van der Waals surface area contributed by atoms with Crippen molar-refractivity contribution in [2.45, 2.75) is 38.3 Å². The highest BCUT2D eigenvalue weighted by molar-refractivity contribution is 7.87. The molecule has 1 aromatic rings. The van der Waals surface area contributed by atoms with Crippen LogP contribution in [-0.4, -0.2) is 54.8 Å². The molecule has 22 heavy (non-hydrogen) atoms. The molecule has 0 aliphatic carbocycles. The maximum atomic E-state index is 12.4. The van der Waals surface area contributed by atoms with Crippen molar-refractivity contribution < 1.29 is 8.42 Å². The van der Waals surface area contributed by atoms with Crippen molar-refractivity contribution in [1.29, 1.82) is 0 Å². The first-order valence-corrected chi connectivity index (χ1v) is 9.46. The van der Waals surface area contributed by atoms with E-state index in [-0.39, 0.29) is 6.04 Å². The minimum absolute atomic E-state index is 0.0102. The Morgan fingerprint density at radius 2 is 2.05 bits per heavy atom. The Hall–Kier alpha value is -1.02. The zero-order chi connectivity index (χ0) is 15.4. The minimum atomic E-state index is -3.31. The lowest BCUT2D eigenvalue weighted by Crippen LogP contribution is -2.51. The SMILES string of the molecule is O=S(=O)(N[C@H]1CCCN(Cc2cccnc2)C1)N1CCCC1. The Morgan fingerprint density at radius 1 is 1.23 bits per heavy atom. The van der Waals surface area contributed by atoms with Gasteiger partial charge in [0.15, 0.2) is 0 Å². The molecular weight excluding hydrogens is 300 g/mol. The van der Waals surface area contributed by atoms with Crippen molar-refractivity contribution in [2.24, 2.45) is 0 Å². The Labute approximate surface area is 132 Å². The van der Waals surface area contributed by atoms with Gasteiger partial charge in [-0.25, -0.2) is 0 Å². The van der Waals surface area contributed by atoms with Crippen LogP contribution in [0, 0.1) is 0 Å². The maximum absolute atomic E-state index is 12.4. The van der Waals surface area contributed by atoms with Gasteiger partial charge in [0.2, 0.25) is 0 Å². The molecule has 0 radical (unpaired) electrons. The van der Waals surface area contributed by atoms with Gasteiger partial charge in [-0.1, -0.05) is 6.07 Å². The molecule has 1 aromatic heterocycles. The summed E-state index contributed by atoms with van der Waals surface area (Å²) in [5.41, 5.74) is 1.17. The summed E-state index contributed by atoms with van der Waals surface area (Å²) in [6, 6.07) is 4.01. The predicted octanol–water partition coefficient (Wildman–Crippen LogP) is 0.976. The van der Waals surface area contributed by atoms with Crippen molar-refractivity contribution in [2.75, 3.05) is 26.2 Å². The Bertz CT molecular complexity index is 572. The largest absolute Gasteiger partial charge is 0.297 e. The zero-order valence-corrected chi connectivity index (χ0v) is 13.6. The molecule has 0 unspecified atom stereocenters. The van der Waals surface area contributed by atoms with E-state index in [9.17, 15) is 8.42 Å². The number of nitrogens with one attached hydrogen (secondary N) is 1. The monoisotopic (exact) mass is 324 g/mol. The fourth-order valence-corrected chi connectivity index (χ4v) is 4.76. The summed E-state index contributed by atoms with van der Waals surface area (Å²) >= 11 is 0. The Kier molecular flexibility index (Phi) is 5.07. The van der Waals surface area contributed by atoms with Crippen LogP contribution in [0.4, 0.5) is 0 Å². The number of hydrogen-bond donors (Lipinski definition) is 1. The second-order valence-electron chi connectivity index (χ2n) is 6.16. The molecule has 2 aliphatic rings. The topological polar surface area (TPSA) is 65.5 Å². The molecule has 6 nitrogen and oxygen atoms in total. The molecule has 0 bridgehead atoms. The highest BCUT2D eigenvalue weighted by atomic mass is 32.2. The van der Waals surface area contributed by atoms with Crippen molar-refractivity contribution in [3.05, 3.63) is 30.1 Å². The van der Waals surface area contributed by atoms with Gasteiger partial charge in [0.05, 0.1) is 0 Å². The van der Waals surface area contributed by atoms with E-state index in [1.54, 1.807) is 10.5 Å². The number of pyridine rings is 1. The third kappa shape index (κ3) is 4.04. The van der Waals surface area contributed by atoms with E-state index < -0.39 is 10.2 Å². The van der Waals surface area contributed by atoms with E-state index in [2.05, 4.69) is 20.7 Å². The van der Waals surface area contributed by atoms with Gasteiger partial charge in [-0.15, -0.1) is 0 Å². The summed E-state index contributed by atoms with van der Waals surface area (Å²) < 4.78 is 29.2. The van der Waals surface area contributed by atoms with Crippen LogP contribution >= 0.6 is 0 Å². The first-order chi connectivity index (χ1) is 10.6. The fraction of sp³-hybridized carbons (Fsp3) is 0.667. The van der Waals surface area contributed by atoms with E-state index in [1.165, 1.54) is 5.56 Å². The fourth-order valence-electron chi connectivity index (χ4n) is 3.26. The van der Waals surface area contributed by atoms with Crippen LogP contribution < -0.4 is 4.72 Å².